The Kier molecular flexibility index (Phi) is 2.91. The summed E-state index contributed by atoms with van der Waals surface area (Å²) < 4.78 is 0. The third-order valence-electron chi connectivity index (χ3n) is 2.87. The summed E-state index contributed by atoms with van der Waals surface area (Å²) in [5, 5.41) is 0. The fraction of sp³-hybridized carbons (Fsp3) is 0.125. The Hall–Kier alpha value is -1.82. The Morgan fingerprint density at radius 1 is 0.875 bits per heavy atom. The third-order valence-corrected chi connectivity index (χ3v) is 2.87. The molecule has 0 nitrogen and oxygen atoms in total. The van der Waals surface area contributed by atoms with Crippen molar-refractivity contribution in [2.75, 3.05) is 0 Å². The van der Waals surface area contributed by atoms with Crippen LogP contribution in [-0.4, -0.2) is 0 Å². The van der Waals surface area contributed by atoms with Crippen molar-refractivity contribution >= 4 is 5.57 Å². The molecule has 0 aliphatic heterocycles. The molecule has 80 valence electrons. The number of rotatable bonds is 2. The molecule has 0 N–H and O–H groups in total. The first kappa shape index (κ1) is 10.7. The van der Waals surface area contributed by atoms with Gasteiger partial charge in [-0.05, 0) is 36.1 Å². The van der Waals surface area contributed by atoms with Gasteiger partial charge in [-0.1, -0.05) is 60.7 Å². The average Bonchev–Trinajstić information content (AvgIpc) is 2.30. The van der Waals surface area contributed by atoms with Gasteiger partial charge in [0.15, 0.2) is 0 Å². The SMILES string of the molecule is C=C(c1ccc(C)cc1)c1ccccc1C. The van der Waals surface area contributed by atoms with Gasteiger partial charge in [0.1, 0.15) is 0 Å². The molecule has 0 bridgehead atoms. The minimum absolute atomic E-state index is 1.10. The highest BCUT2D eigenvalue weighted by Gasteiger charge is 2.04. The molecular formula is C16H16. The van der Waals surface area contributed by atoms with Crippen LogP contribution in [0.3, 0.4) is 0 Å². The van der Waals surface area contributed by atoms with Crippen molar-refractivity contribution in [3.63, 3.8) is 0 Å². The quantitative estimate of drug-likeness (QED) is 0.687. The molecule has 16 heavy (non-hydrogen) atoms. The highest BCUT2D eigenvalue weighted by atomic mass is 14.1. The lowest BCUT2D eigenvalue weighted by molar-refractivity contribution is 1.40. The summed E-state index contributed by atoms with van der Waals surface area (Å²) in [7, 11) is 0. The van der Waals surface area contributed by atoms with E-state index in [-0.39, 0.29) is 0 Å². The molecule has 0 fully saturated rings. The number of hydrogen-bond donors (Lipinski definition) is 0. The maximum Gasteiger partial charge on any atom is -0.0155 e. The van der Waals surface area contributed by atoms with E-state index in [4.69, 9.17) is 0 Å². The van der Waals surface area contributed by atoms with Crippen LogP contribution in [0.1, 0.15) is 22.3 Å². The van der Waals surface area contributed by atoms with Crippen LogP contribution in [0.15, 0.2) is 55.1 Å². The molecule has 0 aromatic heterocycles. The second-order valence-electron chi connectivity index (χ2n) is 4.16. The minimum atomic E-state index is 1.10. The highest BCUT2D eigenvalue weighted by Crippen LogP contribution is 2.24. The lowest BCUT2D eigenvalue weighted by Crippen LogP contribution is -1.89. The summed E-state index contributed by atoms with van der Waals surface area (Å²) >= 11 is 0. The van der Waals surface area contributed by atoms with E-state index in [0.29, 0.717) is 0 Å². The molecule has 0 heteroatoms. The minimum Gasteiger partial charge on any atom is -0.0905 e. The van der Waals surface area contributed by atoms with Gasteiger partial charge in [0, 0.05) is 0 Å². The van der Waals surface area contributed by atoms with Crippen LogP contribution in [0.25, 0.3) is 5.57 Å². The average molecular weight is 208 g/mol. The van der Waals surface area contributed by atoms with Gasteiger partial charge in [-0.2, -0.15) is 0 Å². The summed E-state index contributed by atoms with van der Waals surface area (Å²) in [6, 6.07) is 16.9. The summed E-state index contributed by atoms with van der Waals surface area (Å²) in [4.78, 5) is 0. The molecule has 2 rings (SSSR count). The van der Waals surface area contributed by atoms with E-state index in [9.17, 15) is 0 Å². The fourth-order valence-electron chi connectivity index (χ4n) is 1.82. The van der Waals surface area contributed by atoms with E-state index in [1.54, 1.807) is 0 Å². The zero-order valence-corrected chi connectivity index (χ0v) is 9.83. The van der Waals surface area contributed by atoms with E-state index < -0.39 is 0 Å². The first-order valence-electron chi connectivity index (χ1n) is 5.50. The Morgan fingerprint density at radius 2 is 1.50 bits per heavy atom. The second kappa shape index (κ2) is 4.36. The van der Waals surface area contributed by atoms with Gasteiger partial charge in [0.05, 0.1) is 0 Å². The first-order chi connectivity index (χ1) is 7.68. The molecule has 0 saturated carbocycles. The first-order valence-corrected chi connectivity index (χ1v) is 5.50. The summed E-state index contributed by atoms with van der Waals surface area (Å²) in [6.45, 7) is 8.40. The van der Waals surface area contributed by atoms with Crippen molar-refractivity contribution in [1.82, 2.24) is 0 Å². The molecule has 0 heterocycles. The van der Waals surface area contributed by atoms with Gasteiger partial charge in [-0.25, -0.2) is 0 Å². The smallest absolute Gasteiger partial charge is 0.0155 e. The molecule has 2 aromatic carbocycles. The van der Waals surface area contributed by atoms with Gasteiger partial charge < -0.3 is 0 Å². The molecule has 0 spiro atoms. The molecule has 0 saturated heterocycles. The topological polar surface area (TPSA) is 0 Å². The molecule has 0 aliphatic rings. The maximum absolute atomic E-state index is 4.19. The number of aryl methyl sites for hydroxylation is 2. The van der Waals surface area contributed by atoms with E-state index in [2.05, 4.69) is 69.0 Å². The Balaban J connectivity index is 2.40. The van der Waals surface area contributed by atoms with Crippen molar-refractivity contribution in [3.05, 3.63) is 77.4 Å². The maximum atomic E-state index is 4.19. The van der Waals surface area contributed by atoms with E-state index in [1.165, 1.54) is 22.3 Å². The van der Waals surface area contributed by atoms with Crippen LogP contribution in [-0.2, 0) is 0 Å². The molecule has 2 aromatic rings. The molecular weight excluding hydrogens is 192 g/mol. The van der Waals surface area contributed by atoms with E-state index >= 15 is 0 Å². The largest absolute Gasteiger partial charge is 0.0905 e. The van der Waals surface area contributed by atoms with Crippen molar-refractivity contribution in [2.24, 2.45) is 0 Å². The van der Waals surface area contributed by atoms with E-state index in [0.717, 1.165) is 5.57 Å². The van der Waals surface area contributed by atoms with Gasteiger partial charge in [-0.3, -0.25) is 0 Å². The van der Waals surface area contributed by atoms with Crippen molar-refractivity contribution in [3.8, 4) is 0 Å². The monoisotopic (exact) mass is 208 g/mol. The zero-order chi connectivity index (χ0) is 11.5. The van der Waals surface area contributed by atoms with Crippen LogP contribution in [0, 0.1) is 13.8 Å². The van der Waals surface area contributed by atoms with Gasteiger partial charge in [0.25, 0.3) is 0 Å². The van der Waals surface area contributed by atoms with Crippen LogP contribution in [0.4, 0.5) is 0 Å². The normalized spacial score (nSPS) is 10.1. The standard InChI is InChI=1S/C16H16/c1-12-8-10-15(11-9-12)14(3)16-7-5-4-6-13(16)2/h4-11H,3H2,1-2H3. The zero-order valence-electron chi connectivity index (χ0n) is 9.83. The number of hydrogen-bond acceptors (Lipinski definition) is 0. The Bertz CT molecular complexity index is 504. The number of benzene rings is 2. The van der Waals surface area contributed by atoms with Crippen molar-refractivity contribution in [1.29, 1.82) is 0 Å². The summed E-state index contributed by atoms with van der Waals surface area (Å²) in [5.41, 5.74) is 6.07. The molecule has 0 radical (unpaired) electrons. The molecule has 0 atom stereocenters. The van der Waals surface area contributed by atoms with Crippen molar-refractivity contribution < 1.29 is 0 Å². The second-order valence-corrected chi connectivity index (χ2v) is 4.16. The Morgan fingerprint density at radius 3 is 2.12 bits per heavy atom. The lowest BCUT2D eigenvalue weighted by atomic mass is 9.95. The van der Waals surface area contributed by atoms with Crippen LogP contribution in [0.2, 0.25) is 0 Å². The predicted octanol–water partition coefficient (Wildman–Crippen LogP) is 4.36. The van der Waals surface area contributed by atoms with E-state index in [1.807, 2.05) is 0 Å². The summed E-state index contributed by atoms with van der Waals surface area (Å²) in [6.07, 6.45) is 0. The summed E-state index contributed by atoms with van der Waals surface area (Å²) in [5.74, 6) is 0. The molecule has 0 unspecified atom stereocenters. The van der Waals surface area contributed by atoms with Crippen molar-refractivity contribution in [2.45, 2.75) is 13.8 Å². The van der Waals surface area contributed by atoms with Gasteiger partial charge in [-0.15, -0.1) is 0 Å². The highest BCUT2D eigenvalue weighted by molar-refractivity contribution is 5.79. The van der Waals surface area contributed by atoms with Crippen LogP contribution < -0.4 is 0 Å². The third kappa shape index (κ3) is 2.06. The van der Waals surface area contributed by atoms with Gasteiger partial charge in [0.2, 0.25) is 0 Å². The predicted molar refractivity (Wildman–Crippen MR) is 70.5 cm³/mol. The Labute approximate surface area is 97.3 Å². The van der Waals surface area contributed by atoms with Gasteiger partial charge >= 0.3 is 0 Å². The molecule has 0 amide bonds. The molecule has 0 aliphatic carbocycles. The fourth-order valence-corrected chi connectivity index (χ4v) is 1.82. The van der Waals surface area contributed by atoms with Crippen LogP contribution >= 0.6 is 0 Å². The van der Waals surface area contributed by atoms with Crippen LogP contribution in [0.5, 0.6) is 0 Å². The lowest BCUT2D eigenvalue weighted by Gasteiger charge is -2.09.